The number of hydrogen-bond acceptors (Lipinski definition) is 6. The monoisotopic (exact) mass is 512 g/mol. The van der Waals surface area contributed by atoms with Crippen molar-refractivity contribution in [3.8, 4) is 5.75 Å². The van der Waals surface area contributed by atoms with Gasteiger partial charge in [-0.3, -0.25) is 14.5 Å². The van der Waals surface area contributed by atoms with Gasteiger partial charge in [-0.25, -0.2) is 13.6 Å². The molecule has 1 aliphatic heterocycles. The lowest BCUT2D eigenvalue weighted by molar-refractivity contribution is -0.132. The molecule has 0 aromatic heterocycles. The highest BCUT2D eigenvalue weighted by Gasteiger charge is 2.47. The number of ketones is 1. The zero-order chi connectivity index (χ0) is 25.5. The molecule has 3 aromatic carbocycles. The van der Waals surface area contributed by atoms with Crippen molar-refractivity contribution in [3.63, 3.8) is 0 Å². The molecule has 1 unspecified atom stereocenters. The van der Waals surface area contributed by atoms with Crippen molar-refractivity contribution in [1.29, 1.82) is 0 Å². The Kier molecular flexibility index (Phi) is 6.42. The minimum Gasteiger partial charge on any atom is -0.507 e. The van der Waals surface area contributed by atoms with Gasteiger partial charge in [-0.05, 0) is 54.4 Å². The molecular weight excluding hydrogens is 492 g/mol. The Hall–Kier alpha value is -3.66. The molecule has 0 saturated carbocycles. The molecule has 0 bridgehead atoms. The maximum Gasteiger partial charge on any atom is 0.300 e. The van der Waals surface area contributed by atoms with Crippen LogP contribution in [0.15, 0.2) is 77.2 Å². The summed E-state index contributed by atoms with van der Waals surface area (Å²) in [5.41, 5.74) is 1.53. The third kappa shape index (κ3) is 4.41. The average molecular weight is 513 g/mol. The molecule has 180 valence electrons. The van der Waals surface area contributed by atoms with Crippen LogP contribution in [0, 0.1) is 6.92 Å². The zero-order valence-electron chi connectivity index (χ0n) is 18.7. The minimum absolute atomic E-state index is 0.145. The summed E-state index contributed by atoms with van der Waals surface area (Å²) in [7, 11) is -2.57. The van der Waals surface area contributed by atoms with Gasteiger partial charge in [0, 0.05) is 5.69 Å². The smallest absolute Gasteiger partial charge is 0.300 e. The normalized spacial score (nSPS) is 17.6. The van der Waals surface area contributed by atoms with Crippen molar-refractivity contribution >= 4 is 44.8 Å². The number of aliphatic hydroxyl groups is 1. The number of carbonyl (C=O) groups is 2. The van der Waals surface area contributed by atoms with Crippen LogP contribution in [0.4, 0.5) is 5.69 Å². The van der Waals surface area contributed by atoms with Gasteiger partial charge in [0.05, 0.1) is 34.2 Å². The Morgan fingerprint density at radius 1 is 1.06 bits per heavy atom. The fourth-order valence-corrected chi connectivity index (χ4v) is 4.97. The van der Waals surface area contributed by atoms with Crippen LogP contribution in [0.25, 0.3) is 5.76 Å². The van der Waals surface area contributed by atoms with Gasteiger partial charge >= 0.3 is 0 Å². The molecule has 1 amide bonds. The van der Waals surface area contributed by atoms with Crippen molar-refractivity contribution in [3.05, 3.63) is 94.0 Å². The van der Waals surface area contributed by atoms with Crippen LogP contribution in [0.5, 0.6) is 5.75 Å². The van der Waals surface area contributed by atoms with E-state index in [0.717, 1.165) is 0 Å². The predicted octanol–water partition coefficient (Wildman–Crippen LogP) is 3.93. The number of rotatable bonds is 5. The Balaban J connectivity index is 1.97. The number of benzene rings is 3. The topological polar surface area (TPSA) is 127 Å². The molecule has 0 radical (unpaired) electrons. The van der Waals surface area contributed by atoms with Crippen LogP contribution in [0.2, 0.25) is 5.02 Å². The lowest BCUT2D eigenvalue weighted by Crippen LogP contribution is -2.29. The first-order valence-corrected chi connectivity index (χ1v) is 12.3. The van der Waals surface area contributed by atoms with E-state index < -0.39 is 33.5 Å². The highest BCUT2D eigenvalue weighted by Crippen LogP contribution is 2.44. The molecule has 1 heterocycles. The van der Waals surface area contributed by atoms with E-state index >= 15 is 0 Å². The average Bonchev–Trinajstić information content (AvgIpc) is 3.08. The lowest BCUT2D eigenvalue weighted by atomic mass is 9.94. The predicted molar refractivity (Wildman–Crippen MR) is 132 cm³/mol. The molecule has 0 spiro atoms. The molecule has 1 fully saturated rings. The van der Waals surface area contributed by atoms with Crippen LogP contribution < -0.4 is 14.8 Å². The number of nitrogens with zero attached hydrogens (tertiary/aromatic N) is 1. The summed E-state index contributed by atoms with van der Waals surface area (Å²) in [5.74, 6) is -2.08. The first-order chi connectivity index (χ1) is 16.5. The van der Waals surface area contributed by atoms with Crippen LogP contribution in [0.3, 0.4) is 0 Å². The van der Waals surface area contributed by atoms with Gasteiger partial charge in [-0.15, -0.1) is 0 Å². The van der Waals surface area contributed by atoms with E-state index in [0.29, 0.717) is 11.1 Å². The molecule has 35 heavy (non-hydrogen) atoms. The third-order valence-corrected chi connectivity index (χ3v) is 6.86. The van der Waals surface area contributed by atoms with Gasteiger partial charge in [0.15, 0.2) is 0 Å². The molecule has 3 aromatic rings. The first-order valence-electron chi connectivity index (χ1n) is 10.4. The summed E-state index contributed by atoms with van der Waals surface area (Å²) in [4.78, 5) is 27.6. The Labute approximate surface area is 207 Å². The number of halogens is 1. The Bertz CT molecular complexity index is 1470. The van der Waals surface area contributed by atoms with Gasteiger partial charge in [0.1, 0.15) is 11.5 Å². The van der Waals surface area contributed by atoms with Crippen LogP contribution in [0.1, 0.15) is 22.7 Å². The van der Waals surface area contributed by atoms with E-state index in [1.807, 2.05) is 0 Å². The second-order valence-electron chi connectivity index (χ2n) is 7.95. The van der Waals surface area contributed by atoms with Crippen LogP contribution >= 0.6 is 11.6 Å². The molecule has 1 saturated heterocycles. The van der Waals surface area contributed by atoms with Crippen molar-refractivity contribution in [2.24, 2.45) is 5.14 Å². The summed E-state index contributed by atoms with van der Waals surface area (Å²) >= 11 is 6.30. The van der Waals surface area contributed by atoms with Crippen LogP contribution in [-0.4, -0.2) is 32.3 Å². The number of hydrogen-bond donors (Lipinski definition) is 2. The zero-order valence-corrected chi connectivity index (χ0v) is 20.3. The summed E-state index contributed by atoms with van der Waals surface area (Å²) in [6.07, 6.45) is 0. The number of amides is 1. The summed E-state index contributed by atoms with van der Waals surface area (Å²) in [6, 6.07) is 16.2. The molecule has 10 heteroatoms. The molecule has 8 nitrogen and oxygen atoms in total. The van der Waals surface area contributed by atoms with Gasteiger partial charge in [-0.2, -0.15) is 0 Å². The maximum absolute atomic E-state index is 13.3. The van der Waals surface area contributed by atoms with E-state index in [9.17, 15) is 23.1 Å². The highest BCUT2D eigenvalue weighted by atomic mass is 35.5. The summed E-state index contributed by atoms with van der Waals surface area (Å²) in [6.45, 7) is 1.77. The van der Waals surface area contributed by atoms with E-state index in [2.05, 4.69) is 0 Å². The van der Waals surface area contributed by atoms with Gasteiger partial charge in [-0.1, -0.05) is 41.9 Å². The summed E-state index contributed by atoms with van der Waals surface area (Å²) < 4.78 is 28.7. The van der Waals surface area contributed by atoms with Crippen molar-refractivity contribution < 1.29 is 27.9 Å². The van der Waals surface area contributed by atoms with E-state index in [-0.39, 0.29) is 32.5 Å². The fourth-order valence-electron chi connectivity index (χ4n) is 4.10. The standard InChI is InChI=1S/C25H21ClN2O6S/c1-14-12-18(24(34-2)19(26)13-14)22(29)20-21(15-6-4-3-5-7-15)28(25(31)23(20)30)16-8-10-17(11-9-16)35(27,32)33/h3-13,21,29H,1-2H3,(H2,27,32,33)/b22-20+. The lowest BCUT2D eigenvalue weighted by Gasteiger charge is -2.25. The largest absolute Gasteiger partial charge is 0.507 e. The number of aliphatic hydroxyl groups excluding tert-OH is 1. The Morgan fingerprint density at radius 3 is 2.26 bits per heavy atom. The summed E-state index contributed by atoms with van der Waals surface area (Å²) in [5, 5.41) is 16.8. The van der Waals surface area contributed by atoms with Gasteiger partial charge in [0.2, 0.25) is 10.0 Å². The number of Topliss-reactive ketones (excluding diaryl/α,β-unsaturated/α-hetero) is 1. The van der Waals surface area contributed by atoms with E-state index in [1.165, 1.54) is 36.3 Å². The molecule has 0 aliphatic carbocycles. The molecule has 1 aliphatic rings. The maximum atomic E-state index is 13.3. The van der Waals surface area contributed by atoms with E-state index in [1.54, 1.807) is 49.4 Å². The van der Waals surface area contributed by atoms with Crippen molar-refractivity contribution in [2.75, 3.05) is 12.0 Å². The first kappa shape index (κ1) is 24.5. The van der Waals surface area contributed by atoms with E-state index in [4.69, 9.17) is 21.5 Å². The number of primary sulfonamides is 1. The molecule has 3 N–H and O–H groups in total. The second-order valence-corrected chi connectivity index (χ2v) is 9.91. The van der Waals surface area contributed by atoms with Gasteiger partial charge < -0.3 is 9.84 Å². The minimum atomic E-state index is -3.96. The SMILES string of the molecule is COc1c(Cl)cc(C)cc1/C(O)=C1\C(=O)C(=O)N(c2ccc(S(N)(=O)=O)cc2)C1c1ccccc1. The molecular formula is C25H21ClN2O6S. The van der Waals surface area contributed by atoms with Gasteiger partial charge in [0.25, 0.3) is 11.7 Å². The van der Waals surface area contributed by atoms with Crippen molar-refractivity contribution in [1.82, 2.24) is 0 Å². The van der Waals surface area contributed by atoms with Crippen molar-refractivity contribution in [2.45, 2.75) is 17.9 Å². The molecule has 1 atom stereocenters. The number of nitrogens with two attached hydrogens (primary N) is 1. The third-order valence-electron chi connectivity index (χ3n) is 5.65. The number of methoxy groups -OCH3 is 1. The number of aryl methyl sites for hydroxylation is 1. The number of sulfonamides is 1. The highest BCUT2D eigenvalue weighted by molar-refractivity contribution is 7.89. The Morgan fingerprint density at radius 2 is 1.69 bits per heavy atom. The number of ether oxygens (including phenoxy) is 1. The number of anilines is 1. The number of carbonyl (C=O) groups excluding carboxylic acids is 2. The molecule has 4 rings (SSSR count). The second kappa shape index (κ2) is 9.18. The fraction of sp³-hybridized carbons (Fsp3) is 0.120. The quantitative estimate of drug-likeness (QED) is 0.303. The van der Waals surface area contributed by atoms with Crippen LogP contribution in [-0.2, 0) is 19.6 Å².